The molecule has 2 N–H and O–H groups in total. The monoisotopic (exact) mass is 335 g/mol. The third-order valence-corrected chi connectivity index (χ3v) is 4.70. The average molecular weight is 335 g/mol. The van der Waals surface area contributed by atoms with Gasteiger partial charge in [-0.15, -0.1) is 0 Å². The van der Waals surface area contributed by atoms with E-state index < -0.39 is 5.41 Å². The van der Waals surface area contributed by atoms with Crippen molar-refractivity contribution in [2.45, 2.75) is 12.5 Å². The van der Waals surface area contributed by atoms with Crippen molar-refractivity contribution < 1.29 is 14.3 Å². The Balaban J connectivity index is 2.06. The van der Waals surface area contributed by atoms with E-state index in [1.165, 1.54) is 0 Å². The lowest BCUT2D eigenvalue weighted by Gasteiger charge is -2.30. The first kappa shape index (κ1) is 18.7. The normalized spacial score (nSPS) is 21.7. The Labute approximate surface area is 144 Å². The van der Waals surface area contributed by atoms with Gasteiger partial charge in [0.05, 0.1) is 25.2 Å². The molecular formula is C18H29N3O3. The standard InChI is InChI=1S/C18H29N3O3/c1-21(2)16(14-6-5-7-15(10-14)24-4)11-20-17(22)18(13-23-3)8-9-19-12-18/h5-7,10,16,19H,8-9,11-13H2,1-4H3,(H,20,22). The smallest absolute Gasteiger partial charge is 0.229 e. The number of carbonyl (C=O) groups is 1. The molecule has 1 aromatic carbocycles. The number of benzene rings is 1. The molecule has 2 unspecified atom stereocenters. The van der Waals surface area contributed by atoms with E-state index in [-0.39, 0.29) is 11.9 Å². The Hall–Kier alpha value is -1.63. The van der Waals surface area contributed by atoms with Crippen molar-refractivity contribution in [2.75, 3.05) is 54.6 Å². The summed E-state index contributed by atoms with van der Waals surface area (Å²) in [5, 5.41) is 6.39. The second kappa shape index (κ2) is 8.46. The van der Waals surface area contributed by atoms with Crippen LogP contribution in [0.3, 0.4) is 0 Å². The topological polar surface area (TPSA) is 62.8 Å². The van der Waals surface area contributed by atoms with Gasteiger partial charge in [0.2, 0.25) is 5.91 Å². The Morgan fingerprint density at radius 1 is 1.42 bits per heavy atom. The number of ether oxygens (including phenoxy) is 2. The number of carbonyl (C=O) groups excluding carboxylic acids is 1. The van der Waals surface area contributed by atoms with Gasteiger partial charge in [0.1, 0.15) is 5.75 Å². The minimum atomic E-state index is -0.458. The molecule has 1 aliphatic heterocycles. The van der Waals surface area contributed by atoms with Crippen molar-refractivity contribution in [3.8, 4) is 5.75 Å². The van der Waals surface area contributed by atoms with E-state index in [1.54, 1.807) is 14.2 Å². The Morgan fingerprint density at radius 2 is 2.21 bits per heavy atom. The zero-order valence-corrected chi connectivity index (χ0v) is 15.1. The van der Waals surface area contributed by atoms with Gasteiger partial charge in [-0.3, -0.25) is 4.79 Å². The van der Waals surface area contributed by atoms with Crippen LogP contribution in [-0.4, -0.2) is 65.4 Å². The Morgan fingerprint density at radius 3 is 2.79 bits per heavy atom. The minimum Gasteiger partial charge on any atom is -0.497 e. The lowest BCUT2D eigenvalue weighted by molar-refractivity contribution is -0.133. The molecule has 0 radical (unpaired) electrons. The summed E-state index contributed by atoms with van der Waals surface area (Å²) >= 11 is 0. The van der Waals surface area contributed by atoms with Crippen molar-refractivity contribution >= 4 is 5.91 Å². The molecular weight excluding hydrogens is 306 g/mol. The molecule has 2 rings (SSSR count). The fourth-order valence-corrected chi connectivity index (χ4v) is 3.23. The molecule has 24 heavy (non-hydrogen) atoms. The van der Waals surface area contributed by atoms with Crippen LogP contribution in [0, 0.1) is 5.41 Å². The average Bonchev–Trinajstić information content (AvgIpc) is 3.05. The van der Waals surface area contributed by atoms with Crippen LogP contribution in [0.4, 0.5) is 0 Å². The summed E-state index contributed by atoms with van der Waals surface area (Å²) in [6.07, 6.45) is 0.804. The molecule has 1 fully saturated rings. The second-order valence-electron chi connectivity index (χ2n) is 6.61. The molecule has 1 aromatic rings. The Bertz CT molecular complexity index is 542. The molecule has 0 saturated carbocycles. The van der Waals surface area contributed by atoms with Crippen LogP contribution < -0.4 is 15.4 Å². The van der Waals surface area contributed by atoms with Crippen molar-refractivity contribution in [2.24, 2.45) is 5.41 Å². The molecule has 134 valence electrons. The molecule has 0 aliphatic carbocycles. The first-order chi connectivity index (χ1) is 11.5. The van der Waals surface area contributed by atoms with E-state index >= 15 is 0 Å². The van der Waals surface area contributed by atoms with E-state index in [1.807, 2.05) is 32.3 Å². The van der Waals surface area contributed by atoms with Crippen LogP contribution in [0.2, 0.25) is 0 Å². The highest BCUT2D eigenvalue weighted by molar-refractivity contribution is 5.83. The van der Waals surface area contributed by atoms with Gasteiger partial charge in [-0.1, -0.05) is 12.1 Å². The van der Waals surface area contributed by atoms with Gasteiger partial charge >= 0.3 is 0 Å². The molecule has 6 heteroatoms. The number of hydrogen-bond donors (Lipinski definition) is 2. The lowest BCUT2D eigenvalue weighted by Crippen LogP contribution is -2.47. The fraction of sp³-hybridized carbons (Fsp3) is 0.611. The van der Waals surface area contributed by atoms with Crippen LogP contribution >= 0.6 is 0 Å². The maximum atomic E-state index is 12.8. The van der Waals surface area contributed by atoms with E-state index in [0.29, 0.717) is 19.7 Å². The van der Waals surface area contributed by atoms with Gasteiger partial charge < -0.3 is 25.0 Å². The third kappa shape index (κ3) is 4.26. The highest BCUT2D eigenvalue weighted by Gasteiger charge is 2.41. The van der Waals surface area contributed by atoms with Crippen molar-refractivity contribution in [1.82, 2.24) is 15.5 Å². The van der Waals surface area contributed by atoms with Crippen molar-refractivity contribution in [1.29, 1.82) is 0 Å². The van der Waals surface area contributed by atoms with Crippen LogP contribution in [0.15, 0.2) is 24.3 Å². The number of hydrogen-bond acceptors (Lipinski definition) is 5. The number of likely N-dealkylation sites (N-methyl/N-ethyl adjacent to an activating group) is 1. The van der Waals surface area contributed by atoms with Crippen molar-refractivity contribution in [3.05, 3.63) is 29.8 Å². The molecule has 0 spiro atoms. The first-order valence-corrected chi connectivity index (χ1v) is 8.31. The highest BCUT2D eigenvalue weighted by Crippen LogP contribution is 2.27. The highest BCUT2D eigenvalue weighted by atomic mass is 16.5. The maximum Gasteiger partial charge on any atom is 0.229 e. The number of nitrogens with zero attached hydrogens (tertiary/aromatic N) is 1. The third-order valence-electron chi connectivity index (χ3n) is 4.70. The summed E-state index contributed by atoms with van der Waals surface area (Å²) in [7, 11) is 7.33. The van der Waals surface area contributed by atoms with Gasteiger partial charge in [0.25, 0.3) is 0 Å². The predicted molar refractivity (Wildman–Crippen MR) is 94.2 cm³/mol. The molecule has 1 saturated heterocycles. The van der Waals surface area contributed by atoms with Crippen LogP contribution in [0.25, 0.3) is 0 Å². The summed E-state index contributed by atoms with van der Waals surface area (Å²) in [6.45, 7) is 2.50. The van der Waals surface area contributed by atoms with Crippen LogP contribution in [0.1, 0.15) is 18.0 Å². The lowest BCUT2D eigenvalue weighted by atomic mass is 9.87. The minimum absolute atomic E-state index is 0.0593. The largest absolute Gasteiger partial charge is 0.497 e. The number of methoxy groups -OCH3 is 2. The van der Waals surface area contributed by atoms with Gasteiger partial charge in [-0.2, -0.15) is 0 Å². The van der Waals surface area contributed by atoms with E-state index in [4.69, 9.17) is 9.47 Å². The molecule has 0 bridgehead atoms. The maximum absolute atomic E-state index is 12.8. The number of rotatable bonds is 8. The zero-order chi connectivity index (χ0) is 17.6. The fourth-order valence-electron chi connectivity index (χ4n) is 3.23. The molecule has 6 nitrogen and oxygen atoms in total. The van der Waals surface area contributed by atoms with Crippen molar-refractivity contribution in [3.63, 3.8) is 0 Å². The Kier molecular flexibility index (Phi) is 6.60. The summed E-state index contributed by atoms with van der Waals surface area (Å²) in [5.41, 5.74) is 0.657. The van der Waals surface area contributed by atoms with Crippen LogP contribution in [-0.2, 0) is 9.53 Å². The molecule has 1 aliphatic rings. The quantitative estimate of drug-likeness (QED) is 0.743. The molecule has 1 amide bonds. The van der Waals surface area contributed by atoms with E-state index in [2.05, 4.69) is 21.6 Å². The molecule has 2 atom stereocenters. The SMILES string of the molecule is COCC1(C(=O)NCC(c2cccc(OC)c2)N(C)C)CCNC1. The molecule has 1 heterocycles. The summed E-state index contributed by atoms with van der Waals surface area (Å²) in [5.74, 6) is 0.880. The van der Waals surface area contributed by atoms with Crippen LogP contribution in [0.5, 0.6) is 5.75 Å². The predicted octanol–water partition coefficient (Wildman–Crippen LogP) is 1.04. The second-order valence-corrected chi connectivity index (χ2v) is 6.61. The van der Waals surface area contributed by atoms with E-state index in [0.717, 1.165) is 24.3 Å². The van der Waals surface area contributed by atoms with Gasteiger partial charge in [0.15, 0.2) is 0 Å². The molecule has 0 aromatic heterocycles. The van der Waals surface area contributed by atoms with Gasteiger partial charge in [-0.25, -0.2) is 0 Å². The number of nitrogens with one attached hydrogen (secondary N) is 2. The number of amides is 1. The summed E-state index contributed by atoms with van der Waals surface area (Å²) in [4.78, 5) is 14.9. The van der Waals surface area contributed by atoms with E-state index in [9.17, 15) is 4.79 Å². The summed E-state index contributed by atoms with van der Waals surface area (Å²) in [6, 6.07) is 8.05. The first-order valence-electron chi connectivity index (χ1n) is 8.31. The van der Waals surface area contributed by atoms with Gasteiger partial charge in [-0.05, 0) is 44.8 Å². The van der Waals surface area contributed by atoms with Gasteiger partial charge in [0, 0.05) is 20.2 Å². The zero-order valence-electron chi connectivity index (χ0n) is 15.1. The summed E-state index contributed by atoms with van der Waals surface area (Å²) < 4.78 is 10.6.